The molecule has 15 heteroatoms. The molecule has 15 nitrogen and oxygen atoms in total. The summed E-state index contributed by atoms with van der Waals surface area (Å²) in [5.74, 6) is -2.50. The SMILES string of the molecule is C=C1/C=C([N+](=O)[O-])\C=C\C(=O)N(C)c2cc(cc([N+](=O)[O-])c2)C(=O)N(C)c2cc(cc([N+](=O)[O-])c2)C(=O)N1C. The van der Waals surface area contributed by atoms with Gasteiger partial charge in [0, 0.05) is 80.5 Å². The first-order chi connectivity index (χ1) is 18.2. The Morgan fingerprint density at radius 2 is 1.10 bits per heavy atom. The first-order valence-corrected chi connectivity index (χ1v) is 10.9. The van der Waals surface area contributed by atoms with Gasteiger partial charge in [0.05, 0.1) is 26.1 Å². The Bertz CT molecular complexity index is 1530. The van der Waals surface area contributed by atoms with Gasteiger partial charge in [-0.2, -0.15) is 0 Å². The van der Waals surface area contributed by atoms with E-state index in [2.05, 4.69) is 6.58 Å². The van der Waals surface area contributed by atoms with Gasteiger partial charge in [0.25, 0.3) is 34.8 Å². The van der Waals surface area contributed by atoms with Crippen molar-refractivity contribution in [1.82, 2.24) is 4.90 Å². The maximum Gasteiger partial charge on any atom is 0.272 e. The molecule has 0 aromatic heterocycles. The predicted molar refractivity (Wildman–Crippen MR) is 138 cm³/mol. The monoisotopic (exact) mass is 536 g/mol. The fourth-order valence-corrected chi connectivity index (χ4v) is 3.50. The molecule has 2 aromatic rings. The average molecular weight is 536 g/mol. The molecule has 0 aliphatic carbocycles. The molecule has 200 valence electrons. The fraction of sp³-hybridized carbons (Fsp3) is 0.125. The summed E-state index contributed by atoms with van der Waals surface area (Å²) in [4.78, 5) is 74.4. The van der Waals surface area contributed by atoms with E-state index in [1.807, 2.05) is 0 Å². The van der Waals surface area contributed by atoms with Crippen LogP contribution in [0.1, 0.15) is 20.7 Å². The minimum atomic E-state index is -0.841. The lowest BCUT2D eigenvalue weighted by Crippen LogP contribution is -2.29. The number of hydrogen-bond acceptors (Lipinski definition) is 9. The molecule has 0 saturated carbocycles. The zero-order chi connectivity index (χ0) is 29.2. The molecule has 1 heterocycles. The number of rotatable bonds is 3. The average Bonchev–Trinajstić information content (AvgIpc) is 2.91. The molecule has 0 fully saturated rings. The van der Waals surface area contributed by atoms with Crippen LogP contribution in [0.15, 0.2) is 72.6 Å². The molecular weight excluding hydrogens is 516 g/mol. The van der Waals surface area contributed by atoms with Crippen LogP contribution >= 0.6 is 0 Å². The van der Waals surface area contributed by atoms with Crippen LogP contribution in [0.25, 0.3) is 0 Å². The van der Waals surface area contributed by atoms with Crippen molar-refractivity contribution >= 4 is 40.5 Å². The molecular formula is C24H20N6O9. The molecule has 0 atom stereocenters. The molecule has 3 rings (SSSR count). The van der Waals surface area contributed by atoms with Crippen LogP contribution in [0.5, 0.6) is 0 Å². The molecule has 0 radical (unpaired) electrons. The molecule has 0 unspecified atom stereocenters. The van der Waals surface area contributed by atoms with Crippen molar-refractivity contribution in [1.29, 1.82) is 0 Å². The molecule has 4 bridgehead atoms. The van der Waals surface area contributed by atoms with E-state index in [9.17, 15) is 44.7 Å². The molecule has 0 saturated heterocycles. The normalized spacial score (nSPS) is 16.9. The number of carbonyl (C=O) groups excluding carboxylic acids is 3. The Kier molecular flexibility index (Phi) is 7.65. The lowest BCUT2D eigenvalue weighted by atomic mass is 10.1. The summed E-state index contributed by atoms with van der Waals surface area (Å²) >= 11 is 0. The number of nitrogens with zero attached hydrogens (tertiary/aromatic N) is 6. The highest BCUT2D eigenvalue weighted by atomic mass is 16.6. The van der Waals surface area contributed by atoms with E-state index in [-0.39, 0.29) is 28.2 Å². The van der Waals surface area contributed by atoms with Crippen LogP contribution in [-0.4, -0.2) is 58.5 Å². The van der Waals surface area contributed by atoms with Gasteiger partial charge in [-0.05, 0) is 12.1 Å². The number of amides is 3. The van der Waals surface area contributed by atoms with Crippen molar-refractivity contribution in [3.8, 4) is 0 Å². The fourth-order valence-electron chi connectivity index (χ4n) is 3.50. The minimum Gasteiger partial charge on any atom is -0.312 e. The van der Waals surface area contributed by atoms with Gasteiger partial charge in [0.15, 0.2) is 0 Å². The van der Waals surface area contributed by atoms with Crippen molar-refractivity contribution < 1.29 is 29.2 Å². The maximum atomic E-state index is 13.3. The van der Waals surface area contributed by atoms with Crippen LogP contribution in [-0.2, 0) is 4.79 Å². The van der Waals surface area contributed by atoms with Gasteiger partial charge in [-0.15, -0.1) is 0 Å². The molecule has 1 aliphatic heterocycles. The molecule has 39 heavy (non-hydrogen) atoms. The van der Waals surface area contributed by atoms with Gasteiger partial charge in [-0.1, -0.05) is 6.58 Å². The number of likely N-dealkylation sites (N-methyl/N-ethyl adjacent to an activating group) is 2. The van der Waals surface area contributed by atoms with E-state index in [0.717, 1.165) is 57.2 Å². The summed E-state index contributed by atoms with van der Waals surface area (Å²) in [7, 11) is 3.72. The number of anilines is 2. The number of fused-ring (bicyclic) bond motifs is 4. The second-order valence-electron chi connectivity index (χ2n) is 8.27. The van der Waals surface area contributed by atoms with E-state index in [4.69, 9.17) is 0 Å². The van der Waals surface area contributed by atoms with Crippen LogP contribution in [0, 0.1) is 30.3 Å². The second-order valence-corrected chi connectivity index (χ2v) is 8.27. The van der Waals surface area contributed by atoms with E-state index >= 15 is 0 Å². The predicted octanol–water partition coefficient (Wildman–Crippen LogP) is 3.06. The number of hydrogen-bond donors (Lipinski definition) is 0. The number of benzene rings is 2. The maximum absolute atomic E-state index is 13.3. The Morgan fingerprint density at radius 1 is 0.641 bits per heavy atom. The first kappa shape index (κ1) is 27.9. The van der Waals surface area contributed by atoms with Gasteiger partial charge < -0.3 is 14.7 Å². The summed E-state index contributed by atoms with van der Waals surface area (Å²) in [5, 5.41) is 34.7. The van der Waals surface area contributed by atoms with E-state index in [0.29, 0.717) is 0 Å². The molecule has 0 N–H and O–H groups in total. The quantitative estimate of drug-likeness (QED) is 0.419. The molecule has 1 aliphatic rings. The smallest absolute Gasteiger partial charge is 0.272 e. The third-order valence-corrected chi connectivity index (χ3v) is 5.79. The largest absolute Gasteiger partial charge is 0.312 e. The van der Waals surface area contributed by atoms with Crippen LogP contribution in [0.4, 0.5) is 22.7 Å². The van der Waals surface area contributed by atoms with E-state index in [1.165, 1.54) is 33.3 Å². The van der Waals surface area contributed by atoms with Gasteiger partial charge in [0.2, 0.25) is 0 Å². The van der Waals surface area contributed by atoms with E-state index < -0.39 is 49.6 Å². The zero-order valence-electron chi connectivity index (χ0n) is 20.8. The second kappa shape index (κ2) is 10.7. The van der Waals surface area contributed by atoms with E-state index in [1.54, 1.807) is 0 Å². The molecule has 0 spiro atoms. The number of allylic oxidation sites excluding steroid dienone is 2. The highest BCUT2D eigenvalue weighted by Crippen LogP contribution is 2.29. The van der Waals surface area contributed by atoms with Crippen molar-refractivity contribution in [2.75, 3.05) is 30.9 Å². The lowest BCUT2D eigenvalue weighted by molar-refractivity contribution is -0.419. The van der Waals surface area contributed by atoms with Gasteiger partial charge in [-0.3, -0.25) is 44.7 Å². The summed E-state index contributed by atoms with van der Waals surface area (Å²) < 4.78 is 0. The topological polar surface area (TPSA) is 190 Å². The minimum absolute atomic E-state index is 0.0781. The highest BCUT2D eigenvalue weighted by molar-refractivity contribution is 6.09. The Hall–Kier alpha value is -5.73. The van der Waals surface area contributed by atoms with Crippen LogP contribution in [0.2, 0.25) is 0 Å². The number of nitro benzene ring substituents is 2. The third-order valence-electron chi connectivity index (χ3n) is 5.79. The summed E-state index contributed by atoms with van der Waals surface area (Å²) in [6.07, 6.45) is 2.60. The van der Waals surface area contributed by atoms with Crippen molar-refractivity contribution in [2.45, 2.75) is 0 Å². The standard InChI is InChI=1S/C24H20N6O9/c1-14-7-17(28(34)35)5-6-22(31)26(3)18-8-16(11-20(12-18)29(36)37)24(33)27(4)19-9-15(23(32)25(14)2)10-21(13-19)30(38)39/h5-13H,1H2,2-4H3/b6-5+,17-7+. The summed E-state index contributed by atoms with van der Waals surface area (Å²) in [5.41, 5.74) is -2.54. The zero-order valence-corrected chi connectivity index (χ0v) is 20.8. The number of nitro groups is 3. The summed E-state index contributed by atoms with van der Waals surface area (Å²) in [6.45, 7) is 3.63. The third kappa shape index (κ3) is 5.82. The highest BCUT2D eigenvalue weighted by Gasteiger charge is 2.25. The number of non-ortho nitro benzene ring substituents is 2. The van der Waals surface area contributed by atoms with Crippen LogP contribution < -0.4 is 9.80 Å². The van der Waals surface area contributed by atoms with Gasteiger partial charge in [-0.25, -0.2) is 0 Å². The first-order valence-electron chi connectivity index (χ1n) is 10.9. The number of carbonyl (C=O) groups is 3. The van der Waals surface area contributed by atoms with Crippen LogP contribution in [0.3, 0.4) is 0 Å². The van der Waals surface area contributed by atoms with Crippen molar-refractivity contribution in [3.63, 3.8) is 0 Å². The van der Waals surface area contributed by atoms with Crippen molar-refractivity contribution in [3.05, 3.63) is 114 Å². The van der Waals surface area contributed by atoms with Crippen molar-refractivity contribution in [2.24, 2.45) is 0 Å². The molecule has 2 aromatic carbocycles. The Labute approximate surface area is 220 Å². The summed E-state index contributed by atoms with van der Waals surface area (Å²) in [6, 6.07) is 6.33. The lowest BCUT2D eigenvalue weighted by Gasteiger charge is -2.21. The Balaban J connectivity index is 2.33. The van der Waals surface area contributed by atoms with Gasteiger partial charge in [0.1, 0.15) is 0 Å². The molecule has 3 amide bonds. The Morgan fingerprint density at radius 3 is 1.56 bits per heavy atom. The van der Waals surface area contributed by atoms with Gasteiger partial charge >= 0.3 is 0 Å².